The SMILES string of the molecule is O=C(NCC(=O)N1CCCC1c1cccc(Br)c1)c1cccc([N+](=O)[O-])c1. The van der Waals surface area contributed by atoms with Crippen molar-refractivity contribution in [2.75, 3.05) is 13.1 Å². The van der Waals surface area contributed by atoms with Gasteiger partial charge in [-0.3, -0.25) is 19.7 Å². The molecular weight excluding hydrogens is 414 g/mol. The number of rotatable bonds is 5. The Balaban J connectivity index is 1.64. The van der Waals surface area contributed by atoms with Gasteiger partial charge in [-0.1, -0.05) is 34.1 Å². The predicted octanol–water partition coefficient (Wildman–Crippen LogP) is 3.45. The van der Waals surface area contributed by atoms with Crippen LogP contribution in [0.1, 0.15) is 34.8 Å². The van der Waals surface area contributed by atoms with Crippen molar-refractivity contribution >= 4 is 33.4 Å². The van der Waals surface area contributed by atoms with E-state index in [1.54, 1.807) is 4.90 Å². The molecule has 0 radical (unpaired) electrons. The third kappa shape index (κ3) is 4.51. The first-order valence-electron chi connectivity index (χ1n) is 8.53. The van der Waals surface area contributed by atoms with Crippen molar-refractivity contribution in [2.45, 2.75) is 18.9 Å². The molecule has 1 fully saturated rings. The summed E-state index contributed by atoms with van der Waals surface area (Å²) < 4.78 is 0.957. The van der Waals surface area contributed by atoms with Crippen LogP contribution < -0.4 is 5.32 Å². The Kier molecular flexibility index (Phi) is 5.85. The molecule has 2 aromatic rings. The number of carbonyl (C=O) groups is 2. The predicted molar refractivity (Wildman–Crippen MR) is 103 cm³/mol. The Bertz CT molecular complexity index is 887. The number of nitro groups is 1. The molecule has 1 heterocycles. The molecule has 0 aromatic heterocycles. The monoisotopic (exact) mass is 431 g/mol. The molecule has 2 amide bonds. The van der Waals surface area contributed by atoms with Gasteiger partial charge in [0.2, 0.25) is 5.91 Å². The minimum Gasteiger partial charge on any atom is -0.343 e. The van der Waals surface area contributed by atoms with E-state index in [1.807, 2.05) is 24.3 Å². The molecule has 1 aliphatic heterocycles. The molecule has 0 saturated carbocycles. The Morgan fingerprint density at radius 1 is 1.22 bits per heavy atom. The Morgan fingerprint density at radius 3 is 2.74 bits per heavy atom. The van der Waals surface area contributed by atoms with Gasteiger partial charge in [0, 0.05) is 28.7 Å². The highest BCUT2D eigenvalue weighted by atomic mass is 79.9. The lowest BCUT2D eigenvalue weighted by molar-refractivity contribution is -0.384. The van der Waals surface area contributed by atoms with Gasteiger partial charge >= 0.3 is 0 Å². The fourth-order valence-electron chi connectivity index (χ4n) is 3.25. The molecule has 1 atom stereocenters. The Labute approximate surface area is 164 Å². The number of benzene rings is 2. The number of hydrogen-bond donors (Lipinski definition) is 1. The minimum atomic E-state index is -0.561. The molecule has 0 spiro atoms. The zero-order valence-electron chi connectivity index (χ0n) is 14.4. The van der Waals surface area contributed by atoms with Crippen molar-refractivity contribution in [2.24, 2.45) is 0 Å². The van der Waals surface area contributed by atoms with Gasteiger partial charge in [0.1, 0.15) is 0 Å². The number of carbonyl (C=O) groups excluding carboxylic acids is 2. The number of amides is 2. The second-order valence-corrected chi connectivity index (χ2v) is 7.21. The second kappa shape index (κ2) is 8.30. The van der Waals surface area contributed by atoms with Crippen LogP contribution in [0.25, 0.3) is 0 Å². The quantitative estimate of drug-likeness (QED) is 0.579. The number of hydrogen-bond acceptors (Lipinski definition) is 4. The molecule has 3 rings (SSSR count). The van der Waals surface area contributed by atoms with Crippen LogP contribution in [0.2, 0.25) is 0 Å². The Hall–Kier alpha value is -2.74. The summed E-state index contributed by atoms with van der Waals surface area (Å²) in [6.07, 6.45) is 1.78. The topological polar surface area (TPSA) is 92.6 Å². The normalized spacial score (nSPS) is 16.2. The van der Waals surface area contributed by atoms with Gasteiger partial charge in [0.05, 0.1) is 17.5 Å². The molecule has 1 unspecified atom stereocenters. The van der Waals surface area contributed by atoms with Crippen LogP contribution in [0.3, 0.4) is 0 Å². The number of non-ortho nitro benzene ring substituents is 1. The van der Waals surface area contributed by atoms with E-state index in [4.69, 9.17) is 0 Å². The lowest BCUT2D eigenvalue weighted by Gasteiger charge is -2.25. The average molecular weight is 432 g/mol. The maximum Gasteiger partial charge on any atom is 0.270 e. The summed E-state index contributed by atoms with van der Waals surface area (Å²) in [5.74, 6) is -0.679. The smallest absolute Gasteiger partial charge is 0.270 e. The van der Waals surface area contributed by atoms with E-state index in [9.17, 15) is 19.7 Å². The van der Waals surface area contributed by atoms with Crippen LogP contribution in [0, 0.1) is 10.1 Å². The first kappa shape index (κ1) is 19.0. The van der Waals surface area contributed by atoms with E-state index in [0.29, 0.717) is 6.54 Å². The maximum absolute atomic E-state index is 12.6. The Morgan fingerprint density at radius 2 is 2.00 bits per heavy atom. The summed E-state index contributed by atoms with van der Waals surface area (Å²) in [5, 5.41) is 13.4. The molecule has 1 aliphatic rings. The molecule has 2 aromatic carbocycles. The lowest BCUT2D eigenvalue weighted by atomic mass is 10.0. The van der Waals surface area contributed by atoms with E-state index in [2.05, 4.69) is 21.2 Å². The molecule has 1 saturated heterocycles. The molecule has 1 N–H and O–H groups in total. The van der Waals surface area contributed by atoms with Gasteiger partial charge in [-0.05, 0) is 36.6 Å². The fraction of sp³-hybridized carbons (Fsp3) is 0.263. The summed E-state index contributed by atoms with van der Waals surface area (Å²) in [6.45, 7) is 0.495. The van der Waals surface area contributed by atoms with Crippen LogP contribution in [0.15, 0.2) is 53.0 Å². The standard InChI is InChI=1S/C19H18BrN3O4/c20-15-6-1-4-13(10-15)17-8-3-9-22(17)18(24)12-21-19(25)14-5-2-7-16(11-14)23(26)27/h1-2,4-7,10-11,17H,3,8-9,12H2,(H,21,25). The number of nitrogens with one attached hydrogen (secondary N) is 1. The van der Waals surface area contributed by atoms with Crippen molar-refractivity contribution in [1.29, 1.82) is 0 Å². The molecular formula is C19H18BrN3O4. The van der Waals surface area contributed by atoms with Crippen molar-refractivity contribution in [3.05, 3.63) is 74.2 Å². The maximum atomic E-state index is 12.6. The third-order valence-corrected chi connectivity index (χ3v) is 5.02. The van der Waals surface area contributed by atoms with E-state index in [1.165, 1.54) is 24.3 Å². The second-order valence-electron chi connectivity index (χ2n) is 6.29. The minimum absolute atomic E-state index is 0.00952. The zero-order valence-corrected chi connectivity index (χ0v) is 16.0. The van der Waals surface area contributed by atoms with Crippen LogP contribution >= 0.6 is 15.9 Å². The van der Waals surface area contributed by atoms with E-state index in [-0.39, 0.29) is 29.7 Å². The summed E-state index contributed by atoms with van der Waals surface area (Å²) in [4.78, 5) is 36.9. The van der Waals surface area contributed by atoms with Crippen LogP contribution in [-0.2, 0) is 4.79 Å². The summed E-state index contributed by atoms with van der Waals surface area (Å²) in [7, 11) is 0. The lowest BCUT2D eigenvalue weighted by Crippen LogP contribution is -2.39. The largest absolute Gasteiger partial charge is 0.343 e. The van der Waals surface area contributed by atoms with Crippen LogP contribution in [0.4, 0.5) is 5.69 Å². The summed E-state index contributed by atoms with van der Waals surface area (Å²) in [6, 6.07) is 13.3. The average Bonchev–Trinajstić information content (AvgIpc) is 3.16. The molecule has 7 nitrogen and oxygen atoms in total. The molecule has 0 bridgehead atoms. The van der Waals surface area contributed by atoms with Gasteiger partial charge in [0.15, 0.2) is 0 Å². The highest BCUT2D eigenvalue weighted by Crippen LogP contribution is 2.32. The third-order valence-electron chi connectivity index (χ3n) is 4.53. The van der Waals surface area contributed by atoms with E-state index < -0.39 is 10.8 Å². The first-order chi connectivity index (χ1) is 13.0. The van der Waals surface area contributed by atoms with Crippen molar-refractivity contribution in [3.8, 4) is 0 Å². The zero-order chi connectivity index (χ0) is 19.4. The summed E-state index contributed by atoms with van der Waals surface area (Å²) >= 11 is 3.45. The van der Waals surface area contributed by atoms with Crippen molar-refractivity contribution in [3.63, 3.8) is 0 Å². The summed E-state index contributed by atoms with van der Waals surface area (Å²) in [5.41, 5.74) is 1.05. The number of nitrogens with zero attached hydrogens (tertiary/aromatic N) is 2. The van der Waals surface area contributed by atoms with Crippen molar-refractivity contribution < 1.29 is 14.5 Å². The molecule has 27 heavy (non-hydrogen) atoms. The number of likely N-dealkylation sites (tertiary alicyclic amines) is 1. The molecule has 140 valence electrons. The van der Waals surface area contributed by atoms with Gasteiger partial charge in [-0.25, -0.2) is 0 Å². The van der Waals surface area contributed by atoms with Gasteiger partial charge in [-0.2, -0.15) is 0 Å². The fourth-order valence-corrected chi connectivity index (χ4v) is 3.66. The van der Waals surface area contributed by atoms with Gasteiger partial charge in [0.25, 0.3) is 11.6 Å². The van der Waals surface area contributed by atoms with Gasteiger partial charge in [-0.15, -0.1) is 0 Å². The highest BCUT2D eigenvalue weighted by Gasteiger charge is 2.30. The highest BCUT2D eigenvalue weighted by molar-refractivity contribution is 9.10. The molecule has 0 aliphatic carbocycles. The van der Waals surface area contributed by atoms with Gasteiger partial charge < -0.3 is 10.2 Å². The number of nitro benzene ring substituents is 1. The number of halogens is 1. The first-order valence-corrected chi connectivity index (χ1v) is 9.32. The van der Waals surface area contributed by atoms with Crippen LogP contribution in [-0.4, -0.2) is 34.7 Å². The van der Waals surface area contributed by atoms with Crippen LogP contribution in [0.5, 0.6) is 0 Å². The van der Waals surface area contributed by atoms with E-state index >= 15 is 0 Å². The van der Waals surface area contributed by atoms with E-state index in [0.717, 1.165) is 22.9 Å². The van der Waals surface area contributed by atoms with Crippen molar-refractivity contribution in [1.82, 2.24) is 10.2 Å². The molecule has 8 heteroatoms.